The van der Waals surface area contributed by atoms with Gasteiger partial charge in [-0.25, -0.2) is 0 Å². The molecule has 1 heterocycles. The van der Waals surface area contributed by atoms with Crippen molar-refractivity contribution in [3.8, 4) is 11.5 Å². The SMILES string of the molecule is CNC(=O)[C@@H]1CN(CCOc2ccccc2Cl)c2ccccc2O1. The van der Waals surface area contributed by atoms with Crippen LogP contribution in [0.3, 0.4) is 0 Å². The fourth-order valence-corrected chi connectivity index (χ4v) is 2.83. The Morgan fingerprint density at radius 1 is 1.29 bits per heavy atom. The lowest BCUT2D eigenvalue weighted by molar-refractivity contribution is -0.127. The Balaban J connectivity index is 1.69. The molecule has 24 heavy (non-hydrogen) atoms. The van der Waals surface area contributed by atoms with Crippen LogP contribution < -0.4 is 19.7 Å². The van der Waals surface area contributed by atoms with Crippen molar-refractivity contribution >= 4 is 23.2 Å². The quantitative estimate of drug-likeness (QED) is 0.904. The van der Waals surface area contributed by atoms with Gasteiger partial charge in [-0.2, -0.15) is 0 Å². The van der Waals surface area contributed by atoms with E-state index in [0.29, 0.717) is 36.2 Å². The highest BCUT2D eigenvalue weighted by molar-refractivity contribution is 6.32. The first kappa shape index (κ1) is 16.5. The highest BCUT2D eigenvalue weighted by atomic mass is 35.5. The third kappa shape index (κ3) is 3.57. The topological polar surface area (TPSA) is 50.8 Å². The number of nitrogens with zero attached hydrogens (tertiary/aromatic N) is 1. The van der Waals surface area contributed by atoms with Crippen molar-refractivity contribution in [2.45, 2.75) is 6.10 Å². The molecule has 2 aromatic rings. The molecule has 0 saturated heterocycles. The number of likely N-dealkylation sites (N-methyl/N-ethyl adjacent to an activating group) is 1. The summed E-state index contributed by atoms with van der Waals surface area (Å²) < 4.78 is 11.5. The number of nitrogens with one attached hydrogen (secondary N) is 1. The van der Waals surface area contributed by atoms with Crippen molar-refractivity contribution in [3.63, 3.8) is 0 Å². The van der Waals surface area contributed by atoms with Gasteiger partial charge in [0.2, 0.25) is 0 Å². The Hall–Kier alpha value is -2.40. The van der Waals surface area contributed by atoms with Crippen LogP contribution in [-0.4, -0.2) is 38.8 Å². The summed E-state index contributed by atoms with van der Waals surface area (Å²) in [5.74, 6) is 1.22. The number of para-hydroxylation sites is 3. The van der Waals surface area contributed by atoms with Crippen molar-refractivity contribution in [3.05, 3.63) is 53.6 Å². The number of rotatable bonds is 5. The second-order valence-corrected chi connectivity index (χ2v) is 5.82. The van der Waals surface area contributed by atoms with E-state index in [4.69, 9.17) is 21.1 Å². The zero-order valence-corrected chi connectivity index (χ0v) is 14.1. The minimum absolute atomic E-state index is 0.137. The van der Waals surface area contributed by atoms with Gasteiger partial charge in [0.1, 0.15) is 18.1 Å². The molecular formula is C18H19ClN2O3. The van der Waals surface area contributed by atoms with E-state index >= 15 is 0 Å². The van der Waals surface area contributed by atoms with Crippen molar-refractivity contribution in [1.29, 1.82) is 0 Å². The number of benzene rings is 2. The number of ether oxygens (including phenoxy) is 2. The Morgan fingerprint density at radius 3 is 2.83 bits per heavy atom. The fraction of sp³-hybridized carbons (Fsp3) is 0.278. The number of amides is 1. The lowest BCUT2D eigenvalue weighted by Crippen LogP contribution is -2.49. The Bertz CT molecular complexity index is 723. The molecule has 3 rings (SSSR count). The van der Waals surface area contributed by atoms with Gasteiger partial charge in [0.15, 0.2) is 6.10 Å². The molecule has 6 heteroatoms. The zero-order chi connectivity index (χ0) is 16.9. The predicted molar refractivity (Wildman–Crippen MR) is 94.1 cm³/mol. The second kappa shape index (κ2) is 7.45. The highest BCUT2D eigenvalue weighted by Crippen LogP contribution is 2.33. The van der Waals surface area contributed by atoms with Gasteiger partial charge in [0.25, 0.3) is 5.91 Å². The smallest absolute Gasteiger partial charge is 0.262 e. The molecule has 0 saturated carbocycles. The van der Waals surface area contributed by atoms with Gasteiger partial charge in [-0.15, -0.1) is 0 Å². The lowest BCUT2D eigenvalue weighted by atomic mass is 10.2. The maximum absolute atomic E-state index is 12.0. The number of anilines is 1. The van der Waals surface area contributed by atoms with E-state index in [1.54, 1.807) is 13.1 Å². The van der Waals surface area contributed by atoms with Crippen LogP contribution in [0.4, 0.5) is 5.69 Å². The van der Waals surface area contributed by atoms with E-state index in [0.717, 1.165) is 5.69 Å². The third-order valence-corrected chi connectivity index (χ3v) is 4.17. The molecule has 0 aliphatic carbocycles. The van der Waals surface area contributed by atoms with Crippen LogP contribution in [0.25, 0.3) is 0 Å². The molecule has 2 aromatic carbocycles. The van der Waals surface area contributed by atoms with E-state index < -0.39 is 6.10 Å². The van der Waals surface area contributed by atoms with Gasteiger partial charge in [0, 0.05) is 7.05 Å². The molecule has 0 fully saturated rings. The van der Waals surface area contributed by atoms with Gasteiger partial charge in [0.05, 0.1) is 23.8 Å². The minimum Gasteiger partial charge on any atom is -0.490 e. The van der Waals surface area contributed by atoms with E-state index in [-0.39, 0.29) is 5.91 Å². The Kier molecular flexibility index (Phi) is 5.11. The average Bonchev–Trinajstić information content (AvgIpc) is 2.62. The summed E-state index contributed by atoms with van der Waals surface area (Å²) in [6.45, 7) is 1.56. The zero-order valence-electron chi connectivity index (χ0n) is 13.4. The van der Waals surface area contributed by atoms with Gasteiger partial charge in [-0.1, -0.05) is 35.9 Å². The maximum atomic E-state index is 12.0. The van der Waals surface area contributed by atoms with Crippen molar-refractivity contribution < 1.29 is 14.3 Å². The van der Waals surface area contributed by atoms with Crippen LogP contribution in [0.15, 0.2) is 48.5 Å². The highest BCUT2D eigenvalue weighted by Gasteiger charge is 2.29. The monoisotopic (exact) mass is 346 g/mol. The molecule has 1 atom stereocenters. The summed E-state index contributed by atoms with van der Waals surface area (Å²) >= 11 is 6.10. The van der Waals surface area contributed by atoms with E-state index in [1.807, 2.05) is 42.5 Å². The van der Waals surface area contributed by atoms with Gasteiger partial charge < -0.3 is 19.7 Å². The standard InChI is InChI=1S/C18H19ClN2O3/c1-20-18(22)17-12-21(14-7-3-5-9-16(14)24-17)10-11-23-15-8-4-2-6-13(15)19/h2-9,17H,10-12H2,1H3,(H,20,22)/t17-/m0/s1. The molecule has 1 aliphatic heterocycles. The lowest BCUT2D eigenvalue weighted by Gasteiger charge is -2.35. The van der Waals surface area contributed by atoms with Crippen LogP contribution in [0.1, 0.15) is 0 Å². The molecule has 1 N–H and O–H groups in total. The summed E-state index contributed by atoms with van der Waals surface area (Å²) in [4.78, 5) is 14.0. The first-order valence-electron chi connectivity index (χ1n) is 7.78. The van der Waals surface area contributed by atoms with Crippen molar-refractivity contribution in [2.24, 2.45) is 0 Å². The van der Waals surface area contributed by atoms with Gasteiger partial charge in [-0.05, 0) is 24.3 Å². The van der Waals surface area contributed by atoms with Gasteiger partial charge >= 0.3 is 0 Å². The summed E-state index contributed by atoms with van der Waals surface area (Å²) in [6.07, 6.45) is -0.537. The summed E-state index contributed by atoms with van der Waals surface area (Å²) in [7, 11) is 1.61. The molecular weight excluding hydrogens is 328 g/mol. The normalized spacial score (nSPS) is 16.1. The van der Waals surface area contributed by atoms with E-state index in [2.05, 4.69) is 10.2 Å². The third-order valence-electron chi connectivity index (χ3n) is 3.86. The van der Waals surface area contributed by atoms with E-state index in [1.165, 1.54) is 0 Å². The fourth-order valence-electron chi connectivity index (χ4n) is 2.64. The molecule has 1 aliphatic rings. The van der Waals surface area contributed by atoms with Crippen LogP contribution in [0.2, 0.25) is 5.02 Å². The number of carbonyl (C=O) groups is 1. The number of carbonyl (C=O) groups excluding carboxylic acids is 1. The number of hydrogen-bond donors (Lipinski definition) is 1. The number of fused-ring (bicyclic) bond motifs is 1. The summed E-state index contributed by atoms with van der Waals surface area (Å²) in [6, 6.07) is 15.1. The molecule has 0 unspecified atom stereocenters. The largest absolute Gasteiger partial charge is 0.490 e. The molecule has 0 bridgehead atoms. The summed E-state index contributed by atoms with van der Waals surface area (Å²) in [5.41, 5.74) is 0.959. The van der Waals surface area contributed by atoms with Gasteiger partial charge in [-0.3, -0.25) is 4.79 Å². The molecule has 1 amide bonds. The molecule has 0 radical (unpaired) electrons. The van der Waals surface area contributed by atoms with Crippen LogP contribution in [0.5, 0.6) is 11.5 Å². The van der Waals surface area contributed by atoms with E-state index in [9.17, 15) is 4.79 Å². The number of hydrogen-bond acceptors (Lipinski definition) is 4. The first-order valence-corrected chi connectivity index (χ1v) is 8.16. The maximum Gasteiger partial charge on any atom is 0.262 e. The van der Waals surface area contributed by atoms with Crippen LogP contribution in [-0.2, 0) is 4.79 Å². The van der Waals surface area contributed by atoms with Crippen molar-refractivity contribution in [1.82, 2.24) is 5.32 Å². The van der Waals surface area contributed by atoms with Crippen LogP contribution >= 0.6 is 11.6 Å². The number of halogens is 1. The molecule has 0 spiro atoms. The predicted octanol–water partition coefficient (Wildman–Crippen LogP) is 2.73. The molecule has 5 nitrogen and oxygen atoms in total. The average molecular weight is 347 g/mol. The molecule has 126 valence electrons. The second-order valence-electron chi connectivity index (χ2n) is 5.41. The minimum atomic E-state index is -0.537. The van der Waals surface area contributed by atoms with Crippen molar-refractivity contribution in [2.75, 3.05) is 31.6 Å². The van der Waals surface area contributed by atoms with Crippen LogP contribution in [0, 0.1) is 0 Å². The summed E-state index contributed by atoms with van der Waals surface area (Å²) in [5, 5.41) is 3.22. The Labute approximate surface area is 146 Å². The molecule has 0 aromatic heterocycles. The Morgan fingerprint density at radius 2 is 2.04 bits per heavy atom. The first-order chi connectivity index (χ1) is 11.7.